The van der Waals surface area contributed by atoms with E-state index in [4.69, 9.17) is 0 Å². The highest BCUT2D eigenvalue weighted by Gasteiger charge is 2.25. The molecule has 8 heteroatoms. The summed E-state index contributed by atoms with van der Waals surface area (Å²) in [7, 11) is -3.40. The normalized spacial score (nSPS) is 16.6. The first-order chi connectivity index (χ1) is 11.4. The van der Waals surface area contributed by atoms with E-state index in [0.717, 1.165) is 5.56 Å². The van der Waals surface area contributed by atoms with Crippen molar-refractivity contribution in [2.75, 3.05) is 18.8 Å². The van der Waals surface area contributed by atoms with Gasteiger partial charge in [0.1, 0.15) is 6.54 Å². The molecular formula is C16H21N3O4S. The van der Waals surface area contributed by atoms with Crippen molar-refractivity contribution in [1.29, 1.82) is 0 Å². The molecule has 0 aromatic heterocycles. The SMILES string of the molecule is C[C@@H](NS(=O)(=O)CC/C=C/CN1CC(=O)NC1=O)c1ccccc1. The van der Waals surface area contributed by atoms with Crippen LogP contribution < -0.4 is 10.0 Å². The van der Waals surface area contributed by atoms with Crippen LogP contribution in [0.3, 0.4) is 0 Å². The predicted molar refractivity (Wildman–Crippen MR) is 90.6 cm³/mol. The lowest BCUT2D eigenvalue weighted by atomic mass is 10.1. The summed E-state index contributed by atoms with van der Waals surface area (Å²) in [5.74, 6) is -0.360. The van der Waals surface area contributed by atoms with E-state index in [1.165, 1.54) is 4.90 Å². The molecule has 1 heterocycles. The Bertz CT molecular complexity index is 716. The van der Waals surface area contributed by atoms with Crippen LogP contribution in [0.1, 0.15) is 24.9 Å². The molecule has 1 aromatic carbocycles. The third kappa shape index (κ3) is 5.47. The molecule has 1 saturated heterocycles. The summed E-state index contributed by atoms with van der Waals surface area (Å²) in [6.45, 7) is 2.12. The lowest BCUT2D eigenvalue weighted by Crippen LogP contribution is -2.29. The number of hydrogen-bond acceptors (Lipinski definition) is 4. The first kappa shape index (κ1) is 18.2. The van der Waals surface area contributed by atoms with Gasteiger partial charge in [-0.1, -0.05) is 42.5 Å². The zero-order chi connectivity index (χ0) is 17.6. The number of urea groups is 1. The van der Waals surface area contributed by atoms with E-state index in [1.807, 2.05) is 30.3 Å². The average molecular weight is 351 g/mol. The molecule has 2 N–H and O–H groups in total. The number of allylic oxidation sites excluding steroid dienone is 1. The molecule has 0 bridgehead atoms. The van der Waals surface area contributed by atoms with Gasteiger partial charge in [-0.25, -0.2) is 17.9 Å². The van der Waals surface area contributed by atoms with Crippen LogP contribution in [-0.2, 0) is 14.8 Å². The van der Waals surface area contributed by atoms with Crippen LogP contribution in [0.25, 0.3) is 0 Å². The molecule has 1 aliphatic heterocycles. The summed E-state index contributed by atoms with van der Waals surface area (Å²) in [6, 6.07) is 8.63. The second-order valence-electron chi connectivity index (χ2n) is 5.56. The molecule has 1 atom stereocenters. The lowest BCUT2D eigenvalue weighted by molar-refractivity contribution is -0.118. The quantitative estimate of drug-likeness (QED) is 0.543. The average Bonchev–Trinajstić information content (AvgIpc) is 2.85. The minimum atomic E-state index is -3.40. The number of nitrogens with zero attached hydrogens (tertiary/aromatic N) is 1. The molecule has 2 rings (SSSR count). The van der Waals surface area contributed by atoms with Crippen LogP contribution >= 0.6 is 0 Å². The molecule has 7 nitrogen and oxygen atoms in total. The van der Waals surface area contributed by atoms with Crippen molar-refractivity contribution in [3.63, 3.8) is 0 Å². The minimum absolute atomic E-state index is 0.0359. The standard InChI is InChI=1S/C16H21N3O4S/c1-13(14-8-4-2-5-9-14)18-24(22,23)11-7-3-6-10-19-12-15(20)17-16(19)21/h2-6,8-9,13,18H,7,10-12H2,1H3,(H,17,20,21)/b6-3+/t13-/m1/s1. The number of imide groups is 1. The minimum Gasteiger partial charge on any atom is -0.311 e. The topological polar surface area (TPSA) is 95.6 Å². The summed E-state index contributed by atoms with van der Waals surface area (Å²) in [5, 5.41) is 2.18. The number of carbonyl (C=O) groups is 2. The first-order valence-corrected chi connectivity index (χ1v) is 9.31. The van der Waals surface area contributed by atoms with Crippen molar-refractivity contribution in [1.82, 2.24) is 14.9 Å². The van der Waals surface area contributed by atoms with Gasteiger partial charge in [-0.2, -0.15) is 0 Å². The maximum atomic E-state index is 12.1. The van der Waals surface area contributed by atoms with Crippen LogP contribution in [0.15, 0.2) is 42.5 Å². The molecule has 0 radical (unpaired) electrons. The van der Waals surface area contributed by atoms with Gasteiger partial charge in [-0.15, -0.1) is 0 Å². The Morgan fingerprint density at radius 1 is 1.25 bits per heavy atom. The molecule has 130 valence electrons. The third-order valence-electron chi connectivity index (χ3n) is 3.57. The van der Waals surface area contributed by atoms with Gasteiger partial charge in [0, 0.05) is 12.6 Å². The second-order valence-corrected chi connectivity index (χ2v) is 7.44. The Labute approximate surface area is 141 Å². The van der Waals surface area contributed by atoms with Gasteiger partial charge >= 0.3 is 6.03 Å². The summed E-state index contributed by atoms with van der Waals surface area (Å²) in [6.07, 6.45) is 3.72. The summed E-state index contributed by atoms with van der Waals surface area (Å²) in [4.78, 5) is 23.7. The predicted octanol–water partition coefficient (Wildman–Crippen LogP) is 1.17. The van der Waals surface area contributed by atoms with E-state index in [9.17, 15) is 18.0 Å². The highest BCUT2D eigenvalue weighted by atomic mass is 32.2. The summed E-state index contributed by atoms with van der Waals surface area (Å²) < 4.78 is 26.8. The summed E-state index contributed by atoms with van der Waals surface area (Å²) in [5.41, 5.74) is 0.904. The van der Waals surface area contributed by atoms with Gasteiger partial charge in [0.05, 0.1) is 5.75 Å². The highest BCUT2D eigenvalue weighted by Crippen LogP contribution is 2.12. The smallest absolute Gasteiger partial charge is 0.311 e. The largest absolute Gasteiger partial charge is 0.324 e. The van der Waals surface area contributed by atoms with Crippen LogP contribution in [0.2, 0.25) is 0 Å². The molecule has 0 saturated carbocycles. The van der Waals surface area contributed by atoms with Crippen molar-refractivity contribution < 1.29 is 18.0 Å². The maximum absolute atomic E-state index is 12.1. The number of benzene rings is 1. The number of nitrogens with one attached hydrogen (secondary N) is 2. The Kier molecular flexibility index (Phi) is 6.10. The molecular weight excluding hydrogens is 330 g/mol. The fourth-order valence-electron chi connectivity index (χ4n) is 2.31. The fourth-order valence-corrected chi connectivity index (χ4v) is 3.55. The number of hydrogen-bond donors (Lipinski definition) is 2. The van der Waals surface area contributed by atoms with Gasteiger partial charge in [-0.05, 0) is 18.9 Å². The van der Waals surface area contributed by atoms with Crippen LogP contribution in [-0.4, -0.2) is 44.1 Å². The van der Waals surface area contributed by atoms with Crippen molar-refractivity contribution in [3.8, 4) is 0 Å². The molecule has 24 heavy (non-hydrogen) atoms. The molecule has 1 fully saturated rings. The second kappa shape index (κ2) is 8.07. The van der Waals surface area contributed by atoms with E-state index in [-0.39, 0.29) is 30.8 Å². The Hall–Kier alpha value is -2.19. The molecule has 1 aromatic rings. The highest BCUT2D eigenvalue weighted by molar-refractivity contribution is 7.89. The Morgan fingerprint density at radius 2 is 1.96 bits per heavy atom. The van der Waals surface area contributed by atoms with Crippen LogP contribution in [0.4, 0.5) is 4.79 Å². The third-order valence-corrected chi connectivity index (χ3v) is 5.06. The molecule has 0 unspecified atom stereocenters. The number of amides is 3. The molecule has 1 aliphatic rings. The van der Waals surface area contributed by atoms with E-state index in [2.05, 4.69) is 10.0 Å². The Balaban J connectivity index is 1.75. The van der Waals surface area contributed by atoms with Gasteiger partial charge in [-0.3, -0.25) is 10.1 Å². The van der Waals surface area contributed by atoms with Gasteiger partial charge < -0.3 is 4.90 Å². The lowest BCUT2D eigenvalue weighted by Gasteiger charge is -2.14. The fraction of sp³-hybridized carbons (Fsp3) is 0.375. The zero-order valence-corrected chi connectivity index (χ0v) is 14.3. The van der Waals surface area contributed by atoms with E-state index < -0.39 is 16.1 Å². The van der Waals surface area contributed by atoms with E-state index >= 15 is 0 Å². The zero-order valence-electron chi connectivity index (χ0n) is 13.4. The molecule has 0 aliphatic carbocycles. The number of sulfonamides is 1. The van der Waals surface area contributed by atoms with Crippen molar-refractivity contribution in [2.45, 2.75) is 19.4 Å². The summed E-state index contributed by atoms with van der Waals surface area (Å²) >= 11 is 0. The number of rotatable bonds is 8. The van der Waals surface area contributed by atoms with Gasteiger partial charge in [0.2, 0.25) is 15.9 Å². The van der Waals surface area contributed by atoms with Gasteiger partial charge in [0.15, 0.2) is 0 Å². The van der Waals surface area contributed by atoms with E-state index in [0.29, 0.717) is 6.42 Å². The van der Waals surface area contributed by atoms with Crippen molar-refractivity contribution >= 4 is 22.0 Å². The monoisotopic (exact) mass is 351 g/mol. The van der Waals surface area contributed by atoms with E-state index in [1.54, 1.807) is 19.1 Å². The van der Waals surface area contributed by atoms with Crippen LogP contribution in [0, 0.1) is 0 Å². The molecule has 3 amide bonds. The number of carbonyl (C=O) groups excluding carboxylic acids is 2. The maximum Gasteiger partial charge on any atom is 0.324 e. The van der Waals surface area contributed by atoms with Crippen LogP contribution in [0.5, 0.6) is 0 Å². The van der Waals surface area contributed by atoms with Crippen molar-refractivity contribution in [3.05, 3.63) is 48.0 Å². The van der Waals surface area contributed by atoms with Gasteiger partial charge in [0.25, 0.3) is 0 Å². The Morgan fingerprint density at radius 3 is 2.58 bits per heavy atom. The van der Waals surface area contributed by atoms with Crippen molar-refractivity contribution in [2.24, 2.45) is 0 Å². The molecule has 0 spiro atoms. The first-order valence-electron chi connectivity index (χ1n) is 7.66.